The van der Waals surface area contributed by atoms with E-state index in [-0.39, 0.29) is 23.9 Å². The zero-order chi connectivity index (χ0) is 14.5. The number of carbonyl (C=O) groups excluding carboxylic acids is 2. The molecule has 6 heteroatoms. The highest BCUT2D eigenvalue weighted by Gasteiger charge is 2.18. The molecule has 5 nitrogen and oxygen atoms in total. The topological polar surface area (TPSA) is 75.4 Å². The summed E-state index contributed by atoms with van der Waals surface area (Å²) >= 11 is 0. The van der Waals surface area contributed by atoms with Crippen LogP contribution in [0.2, 0.25) is 0 Å². The van der Waals surface area contributed by atoms with E-state index in [2.05, 4.69) is 5.32 Å². The van der Waals surface area contributed by atoms with Crippen molar-refractivity contribution in [2.24, 2.45) is 0 Å². The normalized spacial score (nSPS) is 15.2. The molecule has 1 heterocycles. The molecule has 0 atom stereocenters. The van der Waals surface area contributed by atoms with Crippen LogP contribution < -0.4 is 11.1 Å². The third kappa shape index (κ3) is 3.69. The number of nitrogens with zero attached hydrogens (tertiary/aromatic N) is 1. The van der Waals surface area contributed by atoms with Crippen molar-refractivity contribution in [1.82, 2.24) is 4.90 Å². The first-order valence-electron chi connectivity index (χ1n) is 6.69. The van der Waals surface area contributed by atoms with Crippen molar-refractivity contribution in [1.29, 1.82) is 0 Å². The zero-order valence-corrected chi connectivity index (χ0v) is 11.2. The lowest BCUT2D eigenvalue weighted by Gasteiger charge is -2.26. The Morgan fingerprint density at radius 1 is 1.40 bits per heavy atom. The molecule has 0 spiro atoms. The van der Waals surface area contributed by atoms with Gasteiger partial charge in [0.25, 0.3) is 0 Å². The number of amides is 2. The molecule has 1 aromatic carbocycles. The van der Waals surface area contributed by atoms with Crippen molar-refractivity contribution in [2.45, 2.75) is 25.7 Å². The van der Waals surface area contributed by atoms with Gasteiger partial charge in [0.05, 0.1) is 5.69 Å². The molecular weight excluding hydrogens is 261 g/mol. The maximum atomic E-state index is 13.5. The van der Waals surface area contributed by atoms with Crippen molar-refractivity contribution >= 4 is 23.2 Å². The molecule has 1 aliphatic rings. The minimum atomic E-state index is -0.526. The number of anilines is 2. The van der Waals surface area contributed by atoms with Crippen molar-refractivity contribution in [2.75, 3.05) is 24.1 Å². The standard InChI is InChI=1S/C14H18FN3O2/c15-11-5-4-10(16)9-12(11)17-13(19)6-8-18-7-2-1-3-14(18)20/h4-5,9H,1-3,6-8,16H2,(H,17,19). The highest BCUT2D eigenvalue weighted by Crippen LogP contribution is 2.18. The first-order valence-corrected chi connectivity index (χ1v) is 6.69. The van der Waals surface area contributed by atoms with Crippen LogP contribution in [0.25, 0.3) is 0 Å². The molecule has 1 fully saturated rings. The van der Waals surface area contributed by atoms with Gasteiger partial charge in [0.15, 0.2) is 0 Å². The lowest BCUT2D eigenvalue weighted by molar-refractivity contribution is -0.133. The summed E-state index contributed by atoms with van der Waals surface area (Å²) in [5.74, 6) is -0.770. The Kier molecular flexibility index (Phi) is 4.55. The molecule has 0 aliphatic carbocycles. The molecule has 0 saturated carbocycles. The third-order valence-corrected chi connectivity index (χ3v) is 3.29. The van der Waals surface area contributed by atoms with E-state index in [4.69, 9.17) is 5.73 Å². The van der Waals surface area contributed by atoms with E-state index in [1.165, 1.54) is 18.2 Å². The van der Waals surface area contributed by atoms with Crippen molar-refractivity contribution in [3.63, 3.8) is 0 Å². The second kappa shape index (κ2) is 6.36. The summed E-state index contributed by atoms with van der Waals surface area (Å²) in [6, 6.07) is 4.01. The number of halogens is 1. The molecule has 1 aliphatic heterocycles. The number of nitrogens with one attached hydrogen (secondary N) is 1. The molecule has 2 amide bonds. The predicted molar refractivity (Wildman–Crippen MR) is 74.5 cm³/mol. The molecule has 108 valence electrons. The number of carbonyl (C=O) groups is 2. The fraction of sp³-hybridized carbons (Fsp3) is 0.429. The second-order valence-corrected chi connectivity index (χ2v) is 4.88. The summed E-state index contributed by atoms with van der Waals surface area (Å²) in [5.41, 5.74) is 5.99. The van der Waals surface area contributed by atoms with Gasteiger partial charge in [-0.1, -0.05) is 0 Å². The number of nitrogen functional groups attached to an aromatic ring is 1. The van der Waals surface area contributed by atoms with E-state index >= 15 is 0 Å². The Morgan fingerprint density at radius 2 is 2.20 bits per heavy atom. The summed E-state index contributed by atoms with van der Waals surface area (Å²) in [5, 5.41) is 2.47. The molecule has 3 N–H and O–H groups in total. The fourth-order valence-electron chi connectivity index (χ4n) is 2.19. The molecule has 2 rings (SSSR count). The largest absolute Gasteiger partial charge is 0.399 e. The van der Waals surface area contributed by atoms with E-state index in [1.54, 1.807) is 4.90 Å². The van der Waals surface area contributed by atoms with Gasteiger partial charge in [-0.05, 0) is 31.0 Å². The monoisotopic (exact) mass is 279 g/mol. The third-order valence-electron chi connectivity index (χ3n) is 3.29. The minimum absolute atomic E-state index is 0.0694. The Hall–Kier alpha value is -2.11. The minimum Gasteiger partial charge on any atom is -0.399 e. The molecule has 20 heavy (non-hydrogen) atoms. The summed E-state index contributed by atoms with van der Waals surface area (Å²) in [6.45, 7) is 1.06. The highest BCUT2D eigenvalue weighted by atomic mass is 19.1. The fourth-order valence-corrected chi connectivity index (χ4v) is 2.19. The number of hydrogen-bond acceptors (Lipinski definition) is 3. The lowest BCUT2D eigenvalue weighted by atomic mass is 10.1. The Balaban J connectivity index is 1.86. The van der Waals surface area contributed by atoms with Crippen LogP contribution in [-0.4, -0.2) is 29.8 Å². The molecule has 0 aromatic heterocycles. The Morgan fingerprint density at radius 3 is 2.95 bits per heavy atom. The Bertz CT molecular complexity index is 519. The van der Waals surface area contributed by atoms with E-state index in [1.807, 2.05) is 0 Å². The van der Waals surface area contributed by atoms with Crippen LogP contribution in [0.5, 0.6) is 0 Å². The number of hydrogen-bond donors (Lipinski definition) is 2. The first kappa shape index (κ1) is 14.3. The highest BCUT2D eigenvalue weighted by molar-refractivity contribution is 5.91. The van der Waals surface area contributed by atoms with Crippen LogP contribution in [0.3, 0.4) is 0 Å². The van der Waals surface area contributed by atoms with Gasteiger partial charge in [-0.25, -0.2) is 4.39 Å². The SMILES string of the molecule is Nc1ccc(F)c(NC(=O)CCN2CCCCC2=O)c1. The Labute approximate surface area is 116 Å². The molecular formula is C14H18FN3O2. The molecule has 1 aromatic rings. The van der Waals surface area contributed by atoms with Crippen molar-refractivity contribution in [3.8, 4) is 0 Å². The van der Waals surface area contributed by atoms with Gasteiger partial charge < -0.3 is 16.0 Å². The predicted octanol–water partition coefficient (Wildman–Crippen LogP) is 1.75. The second-order valence-electron chi connectivity index (χ2n) is 4.88. The van der Waals surface area contributed by atoms with Gasteiger partial charge in [-0.15, -0.1) is 0 Å². The van der Waals surface area contributed by atoms with E-state index in [9.17, 15) is 14.0 Å². The van der Waals surface area contributed by atoms with Crippen LogP contribution in [-0.2, 0) is 9.59 Å². The van der Waals surface area contributed by atoms with Crippen LogP contribution in [0.15, 0.2) is 18.2 Å². The summed E-state index contributed by atoms with van der Waals surface area (Å²) < 4.78 is 13.5. The average molecular weight is 279 g/mol. The van der Waals surface area contributed by atoms with Gasteiger partial charge in [-0.3, -0.25) is 9.59 Å². The number of benzene rings is 1. The smallest absolute Gasteiger partial charge is 0.226 e. The molecule has 0 bridgehead atoms. The first-order chi connectivity index (χ1) is 9.56. The van der Waals surface area contributed by atoms with Crippen LogP contribution in [0, 0.1) is 5.82 Å². The van der Waals surface area contributed by atoms with Crippen LogP contribution in [0.1, 0.15) is 25.7 Å². The summed E-state index contributed by atoms with van der Waals surface area (Å²) in [6.07, 6.45) is 2.58. The maximum absolute atomic E-state index is 13.5. The van der Waals surface area contributed by atoms with Gasteiger partial charge in [0.2, 0.25) is 11.8 Å². The lowest BCUT2D eigenvalue weighted by Crippen LogP contribution is -2.37. The molecule has 1 saturated heterocycles. The van der Waals surface area contributed by atoms with E-state index < -0.39 is 5.82 Å². The number of piperidine rings is 1. The number of rotatable bonds is 4. The van der Waals surface area contributed by atoms with Gasteiger partial charge in [0, 0.05) is 31.6 Å². The quantitative estimate of drug-likeness (QED) is 0.824. The van der Waals surface area contributed by atoms with E-state index in [0.29, 0.717) is 25.2 Å². The van der Waals surface area contributed by atoms with E-state index in [0.717, 1.165) is 12.8 Å². The molecule has 0 unspecified atom stereocenters. The molecule has 0 radical (unpaired) electrons. The van der Waals surface area contributed by atoms with Crippen molar-refractivity contribution in [3.05, 3.63) is 24.0 Å². The van der Waals surface area contributed by atoms with Crippen LogP contribution >= 0.6 is 0 Å². The van der Waals surface area contributed by atoms with Gasteiger partial charge >= 0.3 is 0 Å². The summed E-state index contributed by atoms with van der Waals surface area (Å²) in [7, 11) is 0. The average Bonchev–Trinajstić information content (AvgIpc) is 2.42. The number of nitrogens with two attached hydrogens (primary N) is 1. The van der Waals surface area contributed by atoms with Crippen molar-refractivity contribution < 1.29 is 14.0 Å². The number of likely N-dealkylation sites (tertiary alicyclic amines) is 1. The maximum Gasteiger partial charge on any atom is 0.226 e. The van der Waals surface area contributed by atoms with Gasteiger partial charge in [0.1, 0.15) is 5.82 Å². The zero-order valence-electron chi connectivity index (χ0n) is 11.2. The van der Waals surface area contributed by atoms with Gasteiger partial charge in [-0.2, -0.15) is 0 Å². The van der Waals surface area contributed by atoms with Crippen LogP contribution in [0.4, 0.5) is 15.8 Å². The summed E-state index contributed by atoms with van der Waals surface area (Å²) in [4.78, 5) is 25.0.